The van der Waals surface area contributed by atoms with Crippen LogP contribution in [0.25, 0.3) is 32.3 Å². The molecule has 0 aliphatic carbocycles. The number of alkyl halides is 1. The molecule has 0 saturated heterocycles. The number of hydrogen-bond donors (Lipinski definition) is 0. The van der Waals surface area contributed by atoms with Crippen LogP contribution in [0.5, 0.6) is 0 Å². The second-order valence-corrected chi connectivity index (χ2v) is 4.29. The summed E-state index contributed by atoms with van der Waals surface area (Å²) >= 11 is 4.64. The lowest BCUT2D eigenvalue weighted by atomic mass is 9.95. The van der Waals surface area contributed by atoms with E-state index in [1.165, 1.54) is 38.7 Å². The Morgan fingerprint density at radius 3 is 1.06 bits per heavy atom. The van der Waals surface area contributed by atoms with Gasteiger partial charge < -0.3 is 0 Å². The van der Waals surface area contributed by atoms with Crippen molar-refractivity contribution in [2.45, 2.75) is 0 Å². The molecule has 0 unspecified atom stereocenters. The van der Waals surface area contributed by atoms with Crippen molar-refractivity contribution in [3.8, 4) is 0 Å². The number of hydrogen-bond acceptors (Lipinski definition) is 0. The lowest BCUT2D eigenvalue weighted by Gasteiger charge is -2.09. The van der Waals surface area contributed by atoms with Crippen molar-refractivity contribution in [2.24, 2.45) is 0 Å². The minimum absolute atomic E-state index is 1.34. The third kappa shape index (κ3) is 1.53. The van der Waals surface area contributed by atoms with Crippen LogP contribution < -0.4 is 0 Å². The van der Waals surface area contributed by atoms with Gasteiger partial charge in [0.15, 0.2) is 0 Å². The van der Waals surface area contributed by atoms with E-state index in [1.54, 1.807) is 0 Å². The number of benzene rings is 4. The van der Waals surface area contributed by atoms with Gasteiger partial charge in [-0.3, -0.25) is 0 Å². The maximum Gasteiger partial charge on any atom is 0.0108 e. The topological polar surface area (TPSA) is 0 Å². The van der Waals surface area contributed by atoms with Gasteiger partial charge in [0.1, 0.15) is 0 Å². The molecule has 0 spiro atoms. The first-order valence-electron chi connectivity index (χ1n) is 5.94. The monoisotopic (exact) mass is 252 g/mol. The Hall–Kier alpha value is -1.79. The fourth-order valence-corrected chi connectivity index (χ4v) is 2.67. The summed E-state index contributed by atoms with van der Waals surface area (Å²) in [5, 5.41) is 8.14. The van der Waals surface area contributed by atoms with E-state index in [0.717, 1.165) is 0 Å². The van der Waals surface area contributed by atoms with Gasteiger partial charge in [-0.25, -0.2) is 0 Å². The smallest absolute Gasteiger partial charge is 0.0108 e. The van der Waals surface area contributed by atoms with Gasteiger partial charge in [0, 0.05) is 6.38 Å². The van der Waals surface area contributed by atoms with E-state index in [0.29, 0.717) is 0 Å². The second-order valence-electron chi connectivity index (χ2n) is 4.29. The molecule has 0 aliphatic heterocycles. The lowest BCUT2D eigenvalue weighted by Crippen LogP contribution is -1.82. The zero-order valence-corrected chi connectivity index (χ0v) is 10.9. The van der Waals surface area contributed by atoms with E-state index < -0.39 is 0 Å². The highest BCUT2D eigenvalue weighted by atomic mass is 35.5. The molecule has 1 heteroatoms. The van der Waals surface area contributed by atoms with Crippen molar-refractivity contribution in [1.29, 1.82) is 0 Å². The second kappa shape index (κ2) is 4.47. The van der Waals surface area contributed by atoms with Crippen LogP contribution in [0.1, 0.15) is 0 Å². The van der Waals surface area contributed by atoms with Crippen molar-refractivity contribution in [3.05, 3.63) is 60.7 Å². The molecule has 0 fully saturated rings. The fraction of sp³-hybridized carbons (Fsp3) is 0.0588. The number of rotatable bonds is 0. The van der Waals surface area contributed by atoms with Gasteiger partial charge in [0.25, 0.3) is 0 Å². The zero-order chi connectivity index (χ0) is 12.5. The normalized spacial score (nSPS) is 10.8. The molecule has 4 rings (SSSR count). The van der Waals surface area contributed by atoms with Crippen LogP contribution in [0.2, 0.25) is 0 Å². The SMILES string of the molecule is CCl.c1cc2ccc3cccc4ccc(c1)c2c34. The Kier molecular flexibility index (Phi) is 2.81. The minimum Gasteiger partial charge on any atom is -0.130 e. The summed E-state index contributed by atoms with van der Waals surface area (Å²) in [5.74, 6) is 0. The molecule has 88 valence electrons. The van der Waals surface area contributed by atoms with E-state index in [4.69, 9.17) is 0 Å². The standard InChI is InChI=1S/C16H10.CH3Cl/c1-3-11-7-9-13-5-2-6-14-10-8-12(4-1)15(11)16(13)14;1-2/h1-10H;1H3. The Morgan fingerprint density at radius 2 is 0.778 bits per heavy atom. The van der Waals surface area contributed by atoms with E-state index in [9.17, 15) is 0 Å². The van der Waals surface area contributed by atoms with Crippen LogP contribution >= 0.6 is 11.6 Å². The van der Waals surface area contributed by atoms with E-state index >= 15 is 0 Å². The summed E-state index contributed by atoms with van der Waals surface area (Å²) in [5.41, 5.74) is 0. The first-order valence-corrected chi connectivity index (χ1v) is 6.69. The molecule has 0 saturated carbocycles. The molecule has 0 radical (unpaired) electrons. The van der Waals surface area contributed by atoms with Crippen LogP contribution in [-0.4, -0.2) is 6.38 Å². The van der Waals surface area contributed by atoms with Crippen molar-refractivity contribution in [3.63, 3.8) is 0 Å². The van der Waals surface area contributed by atoms with Crippen molar-refractivity contribution >= 4 is 43.9 Å². The van der Waals surface area contributed by atoms with Gasteiger partial charge in [0.05, 0.1) is 0 Å². The Labute approximate surface area is 111 Å². The molecule has 0 aromatic heterocycles. The van der Waals surface area contributed by atoms with Crippen molar-refractivity contribution < 1.29 is 0 Å². The molecule has 4 aromatic rings. The van der Waals surface area contributed by atoms with Gasteiger partial charge in [-0.1, -0.05) is 60.7 Å². The Bertz CT molecular complexity index is 672. The van der Waals surface area contributed by atoms with Crippen molar-refractivity contribution in [1.82, 2.24) is 0 Å². The molecular weight excluding hydrogens is 240 g/mol. The number of halogens is 1. The molecule has 0 atom stereocenters. The quantitative estimate of drug-likeness (QED) is 0.289. The Morgan fingerprint density at radius 1 is 0.500 bits per heavy atom. The largest absolute Gasteiger partial charge is 0.130 e. The molecule has 18 heavy (non-hydrogen) atoms. The average molecular weight is 253 g/mol. The maximum absolute atomic E-state index is 4.64. The van der Waals surface area contributed by atoms with Crippen LogP contribution in [0.3, 0.4) is 0 Å². The highest BCUT2D eigenvalue weighted by Crippen LogP contribution is 2.33. The molecule has 0 nitrogen and oxygen atoms in total. The molecule has 0 N–H and O–H groups in total. The summed E-state index contributed by atoms with van der Waals surface area (Å²) in [7, 11) is 0. The molecule has 0 heterocycles. The lowest BCUT2D eigenvalue weighted by molar-refractivity contribution is 1.78. The van der Waals surface area contributed by atoms with Gasteiger partial charge in [-0.05, 0) is 32.3 Å². The van der Waals surface area contributed by atoms with Gasteiger partial charge in [-0.2, -0.15) is 0 Å². The van der Waals surface area contributed by atoms with E-state index in [1.807, 2.05) is 0 Å². The first kappa shape index (κ1) is 11.3. The van der Waals surface area contributed by atoms with Crippen LogP contribution in [-0.2, 0) is 0 Å². The highest BCUT2D eigenvalue weighted by molar-refractivity contribution is 6.22. The van der Waals surface area contributed by atoms with Gasteiger partial charge >= 0.3 is 0 Å². The summed E-state index contributed by atoms with van der Waals surface area (Å²) in [6.07, 6.45) is 1.47. The molecule has 0 amide bonds. The first-order chi connectivity index (χ1) is 8.93. The van der Waals surface area contributed by atoms with Crippen LogP contribution in [0, 0.1) is 0 Å². The summed E-state index contributed by atoms with van der Waals surface area (Å²) in [6.45, 7) is 0. The molecule has 4 aromatic carbocycles. The summed E-state index contributed by atoms with van der Waals surface area (Å²) in [4.78, 5) is 0. The predicted molar refractivity (Wildman–Crippen MR) is 81.9 cm³/mol. The molecule has 0 bridgehead atoms. The molecular formula is C17H13Cl. The third-order valence-electron chi connectivity index (χ3n) is 3.39. The van der Waals surface area contributed by atoms with Crippen LogP contribution in [0.4, 0.5) is 0 Å². The summed E-state index contributed by atoms with van der Waals surface area (Å²) < 4.78 is 0. The maximum atomic E-state index is 4.64. The highest BCUT2D eigenvalue weighted by Gasteiger charge is 2.05. The average Bonchev–Trinajstić information content (AvgIpc) is 2.47. The van der Waals surface area contributed by atoms with E-state index in [-0.39, 0.29) is 0 Å². The van der Waals surface area contributed by atoms with E-state index in [2.05, 4.69) is 72.3 Å². The fourth-order valence-electron chi connectivity index (χ4n) is 2.67. The van der Waals surface area contributed by atoms with Crippen molar-refractivity contribution in [2.75, 3.05) is 6.38 Å². The molecule has 0 aliphatic rings. The van der Waals surface area contributed by atoms with Gasteiger partial charge in [-0.15, -0.1) is 11.6 Å². The predicted octanol–water partition coefficient (Wildman–Crippen LogP) is 5.44. The Balaban J connectivity index is 0.000000478. The van der Waals surface area contributed by atoms with Gasteiger partial charge in [0.2, 0.25) is 0 Å². The minimum atomic E-state index is 1.34. The summed E-state index contributed by atoms with van der Waals surface area (Å²) in [6, 6.07) is 21.9. The third-order valence-corrected chi connectivity index (χ3v) is 3.39. The zero-order valence-electron chi connectivity index (χ0n) is 10.2. The van der Waals surface area contributed by atoms with Crippen LogP contribution in [0.15, 0.2) is 60.7 Å².